The lowest BCUT2D eigenvalue weighted by Crippen LogP contribution is -2.36. The molecule has 1 spiro atoms. The van der Waals surface area contributed by atoms with Crippen molar-refractivity contribution in [2.24, 2.45) is 5.92 Å². The largest absolute Gasteiger partial charge is 0.377 e. The van der Waals surface area contributed by atoms with E-state index in [9.17, 15) is 0 Å². The van der Waals surface area contributed by atoms with Crippen LogP contribution in [-0.2, 0) is 14.2 Å². The molecular formula is C15H27NO3. The van der Waals surface area contributed by atoms with Gasteiger partial charge in [-0.05, 0) is 44.6 Å². The van der Waals surface area contributed by atoms with Crippen molar-refractivity contribution in [2.45, 2.75) is 56.8 Å². The zero-order valence-electron chi connectivity index (χ0n) is 11.9. The Morgan fingerprint density at radius 2 is 1.79 bits per heavy atom. The van der Waals surface area contributed by atoms with Crippen molar-refractivity contribution in [1.82, 2.24) is 5.32 Å². The molecule has 4 heteroatoms. The number of nitrogens with one attached hydrogen (secondary N) is 1. The van der Waals surface area contributed by atoms with Crippen molar-refractivity contribution >= 4 is 0 Å². The Balaban J connectivity index is 1.27. The normalized spacial score (nSPS) is 31.3. The maximum Gasteiger partial charge on any atom is 0.168 e. The minimum atomic E-state index is -0.193. The second kappa shape index (κ2) is 6.53. The van der Waals surface area contributed by atoms with Crippen LogP contribution in [0.4, 0.5) is 0 Å². The molecule has 1 N–H and O–H groups in total. The summed E-state index contributed by atoms with van der Waals surface area (Å²) < 4.78 is 17.1. The van der Waals surface area contributed by atoms with Gasteiger partial charge in [-0.2, -0.15) is 0 Å². The van der Waals surface area contributed by atoms with E-state index < -0.39 is 0 Å². The van der Waals surface area contributed by atoms with Gasteiger partial charge < -0.3 is 19.5 Å². The van der Waals surface area contributed by atoms with E-state index in [4.69, 9.17) is 14.2 Å². The molecule has 4 nitrogen and oxygen atoms in total. The molecule has 0 radical (unpaired) electrons. The standard InChI is InChI=1S/C15H27NO3/c1-2-14(17-9-1)12-16-8-5-13-3-6-15(7-4-13)18-10-11-19-15/h13-14,16H,1-12H2. The Bertz CT molecular complexity index is 263. The van der Waals surface area contributed by atoms with Crippen molar-refractivity contribution < 1.29 is 14.2 Å². The fourth-order valence-electron chi connectivity index (χ4n) is 3.57. The summed E-state index contributed by atoms with van der Waals surface area (Å²) in [6, 6.07) is 0. The highest BCUT2D eigenvalue weighted by Gasteiger charge is 2.39. The van der Waals surface area contributed by atoms with Crippen LogP contribution in [0.15, 0.2) is 0 Å². The Morgan fingerprint density at radius 3 is 2.47 bits per heavy atom. The second-order valence-corrected chi connectivity index (χ2v) is 6.18. The first-order chi connectivity index (χ1) is 9.36. The van der Waals surface area contributed by atoms with Crippen LogP contribution in [0.3, 0.4) is 0 Å². The zero-order valence-corrected chi connectivity index (χ0v) is 11.9. The van der Waals surface area contributed by atoms with E-state index in [0.717, 1.165) is 51.7 Å². The van der Waals surface area contributed by atoms with E-state index in [2.05, 4.69) is 5.32 Å². The molecule has 0 aromatic rings. The van der Waals surface area contributed by atoms with E-state index in [1.54, 1.807) is 0 Å². The molecule has 19 heavy (non-hydrogen) atoms. The van der Waals surface area contributed by atoms with Gasteiger partial charge in [-0.15, -0.1) is 0 Å². The summed E-state index contributed by atoms with van der Waals surface area (Å²) in [4.78, 5) is 0. The molecule has 1 unspecified atom stereocenters. The summed E-state index contributed by atoms with van der Waals surface area (Å²) in [5.74, 6) is 0.650. The number of rotatable bonds is 5. The van der Waals surface area contributed by atoms with E-state index in [1.807, 2.05) is 0 Å². The first-order valence-corrected chi connectivity index (χ1v) is 7.97. The Morgan fingerprint density at radius 1 is 1.00 bits per heavy atom. The van der Waals surface area contributed by atoms with Crippen LogP contribution in [-0.4, -0.2) is 44.8 Å². The van der Waals surface area contributed by atoms with Crippen molar-refractivity contribution in [3.63, 3.8) is 0 Å². The molecule has 2 aliphatic heterocycles. The van der Waals surface area contributed by atoms with Crippen molar-refractivity contribution in [3.8, 4) is 0 Å². The Labute approximate surface area is 116 Å². The SMILES string of the molecule is C1COC(CNCCC2CCC3(CC2)OCCO3)C1. The third-order valence-corrected chi connectivity index (χ3v) is 4.81. The molecule has 1 saturated carbocycles. The van der Waals surface area contributed by atoms with E-state index >= 15 is 0 Å². The smallest absolute Gasteiger partial charge is 0.168 e. The zero-order chi connectivity index (χ0) is 13.0. The molecule has 1 atom stereocenters. The van der Waals surface area contributed by atoms with Gasteiger partial charge in [0, 0.05) is 26.0 Å². The highest BCUT2D eigenvalue weighted by Crippen LogP contribution is 2.39. The van der Waals surface area contributed by atoms with Crippen molar-refractivity contribution in [1.29, 1.82) is 0 Å². The molecule has 1 aliphatic carbocycles. The van der Waals surface area contributed by atoms with Gasteiger partial charge in [-0.25, -0.2) is 0 Å². The van der Waals surface area contributed by atoms with Gasteiger partial charge in [0.15, 0.2) is 5.79 Å². The summed E-state index contributed by atoms with van der Waals surface area (Å²) >= 11 is 0. The van der Waals surface area contributed by atoms with Gasteiger partial charge in [-0.1, -0.05) is 0 Å². The lowest BCUT2D eigenvalue weighted by atomic mass is 9.83. The van der Waals surface area contributed by atoms with Crippen LogP contribution in [0.5, 0.6) is 0 Å². The monoisotopic (exact) mass is 269 g/mol. The number of hydrogen-bond acceptors (Lipinski definition) is 4. The van der Waals surface area contributed by atoms with Gasteiger partial charge in [0.25, 0.3) is 0 Å². The van der Waals surface area contributed by atoms with Gasteiger partial charge in [-0.3, -0.25) is 0 Å². The third kappa shape index (κ3) is 3.69. The lowest BCUT2D eigenvalue weighted by Gasteiger charge is -2.35. The van der Waals surface area contributed by atoms with E-state index in [1.165, 1.54) is 32.1 Å². The van der Waals surface area contributed by atoms with Crippen molar-refractivity contribution in [3.05, 3.63) is 0 Å². The minimum absolute atomic E-state index is 0.193. The molecule has 3 fully saturated rings. The topological polar surface area (TPSA) is 39.7 Å². The molecule has 3 aliphatic rings. The van der Waals surface area contributed by atoms with Crippen LogP contribution >= 0.6 is 0 Å². The molecule has 0 amide bonds. The van der Waals surface area contributed by atoms with Gasteiger partial charge in [0.1, 0.15) is 0 Å². The van der Waals surface area contributed by atoms with Crippen LogP contribution in [0.1, 0.15) is 44.9 Å². The van der Waals surface area contributed by atoms with Crippen LogP contribution < -0.4 is 5.32 Å². The van der Waals surface area contributed by atoms with E-state index in [-0.39, 0.29) is 5.79 Å². The molecule has 2 saturated heterocycles. The van der Waals surface area contributed by atoms with Crippen LogP contribution in [0.25, 0.3) is 0 Å². The molecule has 0 bridgehead atoms. The Kier molecular flexibility index (Phi) is 4.74. The predicted molar refractivity (Wildman–Crippen MR) is 73.1 cm³/mol. The van der Waals surface area contributed by atoms with Crippen LogP contribution in [0.2, 0.25) is 0 Å². The summed E-state index contributed by atoms with van der Waals surface area (Å²) in [5.41, 5.74) is 0. The van der Waals surface area contributed by atoms with Crippen molar-refractivity contribution in [2.75, 3.05) is 32.9 Å². The summed E-state index contributed by atoms with van der Waals surface area (Å²) in [5, 5.41) is 3.55. The molecule has 3 rings (SSSR count). The summed E-state index contributed by atoms with van der Waals surface area (Å²) in [6.45, 7) is 4.68. The quantitative estimate of drug-likeness (QED) is 0.776. The first-order valence-electron chi connectivity index (χ1n) is 7.97. The molecular weight excluding hydrogens is 242 g/mol. The second-order valence-electron chi connectivity index (χ2n) is 6.18. The highest BCUT2D eigenvalue weighted by atomic mass is 16.7. The maximum absolute atomic E-state index is 5.77. The number of ether oxygens (including phenoxy) is 3. The first kappa shape index (κ1) is 13.8. The molecule has 2 heterocycles. The molecule has 0 aromatic heterocycles. The summed E-state index contributed by atoms with van der Waals surface area (Å²) in [7, 11) is 0. The molecule has 0 aromatic carbocycles. The predicted octanol–water partition coefficient (Wildman–Crippen LogP) is 2.08. The summed E-state index contributed by atoms with van der Waals surface area (Å²) in [6.07, 6.45) is 8.89. The molecule has 110 valence electrons. The van der Waals surface area contributed by atoms with Crippen LogP contribution in [0, 0.1) is 5.92 Å². The fourth-order valence-corrected chi connectivity index (χ4v) is 3.57. The minimum Gasteiger partial charge on any atom is -0.377 e. The lowest BCUT2D eigenvalue weighted by molar-refractivity contribution is -0.182. The van der Waals surface area contributed by atoms with E-state index in [0.29, 0.717) is 6.10 Å². The number of hydrogen-bond donors (Lipinski definition) is 1. The fraction of sp³-hybridized carbons (Fsp3) is 1.00. The average molecular weight is 269 g/mol. The van der Waals surface area contributed by atoms with Gasteiger partial charge in [0.05, 0.1) is 19.3 Å². The Hall–Kier alpha value is -0.160. The third-order valence-electron chi connectivity index (χ3n) is 4.81. The maximum atomic E-state index is 5.77. The highest BCUT2D eigenvalue weighted by molar-refractivity contribution is 4.82. The average Bonchev–Trinajstić information content (AvgIpc) is 3.09. The van der Waals surface area contributed by atoms with Gasteiger partial charge in [0.2, 0.25) is 0 Å². The van der Waals surface area contributed by atoms with Gasteiger partial charge >= 0.3 is 0 Å².